The number of methoxy groups -OCH3 is 1. The molecule has 5 nitrogen and oxygen atoms in total. The number of ether oxygens (including phenoxy) is 2. The number of cyclic esters (lactones) is 1. The van der Waals surface area contributed by atoms with Crippen molar-refractivity contribution in [1.29, 1.82) is 0 Å². The lowest BCUT2D eigenvalue weighted by Crippen LogP contribution is -2.21. The van der Waals surface area contributed by atoms with Gasteiger partial charge in [-0.25, -0.2) is 9.79 Å². The van der Waals surface area contributed by atoms with E-state index in [1.807, 2.05) is 18.2 Å². The second-order valence-corrected chi connectivity index (χ2v) is 4.65. The van der Waals surface area contributed by atoms with Crippen molar-refractivity contribution >= 4 is 23.6 Å². The Hall–Kier alpha value is -2.30. The van der Waals surface area contributed by atoms with Gasteiger partial charge in [-0.05, 0) is 32.1 Å². The highest BCUT2D eigenvalue weighted by Crippen LogP contribution is 2.28. The highest BCUT2D eigenvalue weighted by atomic mass is 16.6. The number of nitrogens with zero attached hydrogens (tertiary/aromatic N) is 2. The molecule has 5 heteroatoms. The van der Waals surface area contributed by atoms with Crippen molar-refractivity contribution in [3.05, 3.63) is 29.5 Å². The van der Waals surface area contributed by atoms with E-state index >= 15 is 0 Å². The second kappa shape index (κ2) is 6.43. The van der Waals surface area contributed by atoms with Gasteiger partial charge in [-0.15, -0.1) is 0 Å². The minimum Gasteiger partial charge on any atom is -0.496 e. The Morgan fingerprint density at radius 3 is 2.57 bits per heavy atom. The minimum atomic E-state index is -0.428. The van der Waals surface area contributed by atoms with E-state index in [0.717, 1.165) is 24.3 Å². The summed E-state index contributed by atoms with van der Waals surface area (Å²) in [4.78, 5) is 17.9. The summed E-state index contributed by atoms with van der Waals surface area (Å²) in [5.74, 6) is 0.645. The van der Waals surface area contributed by atoms with Crippen molar-refractivity contribution in [2.45, 2.75) is 20.8 Å². The Kier molecular flexibility index (Phi) is 4.62. The van der Waals surface area contributed by atoms with Crippen LogP contribution in [0.15, 0.2) is 28.9 Å². The van der Waals surface area contributed by atoms with Crippen LogP contribution in [0.1, 0.15) is 26.3 Å². The first-order valence-electron chi connectivity index (χ1n) is 7.01. The van der Waals surface area contributed by atoms with Crippen molar-refractivity contribution < 1.29 is 14.3 Å². The third kappa shape index (κ3) is 3.24. The molecule has 1 aromatic rings. The smallest absolute Gasteiger partial charge is 0.363 e. The molecule has 0 fully saturated rings. The van der Waals surface area contributed by atoms with Crippen LogP contribution in [0.4, 0.5) is 5.69 Å². The summed E-state index contributed by atoms with van der Waals surface area (Å²) < 4.78 is 10.3. The Morgan fingerprint density at radius 2 is 2.05 bits per heavy atom. The summed E-state index contributed by atoms with van der Waals surface area (Å²) >= 11 is 0. The van der Waals surface area contributed by atoms with Crippen LogP contribution in [-0.2, 0) is 9.53 Å². The van der Waals surface area contributed by atoms with Gasteiger partial charge >= 0.3 is 5.97 Å². The van der Waals surface area contributed by atoms with Gasteiger partial charge in [0.05, 0.1) is 7.11 Å². The maximum Gasteiger partial charge on any atom is 0.363 e. The van der Waals surface area contributed by atoms with E-state index in [0.29, 0.717) is 17.3 Å². The predicted octanol–water partition coefficient (Wildman–Crippen LogP) is 2.86. The van der Waals surface area contributed by atoms with Crippen molar-refractivity contribution in [1.82, 2.24) is 0 Å². The highest BCUT2D eigenvalue weighted by molar-refractivity contribution is 6.06. The zero-order chi connectivity index (χ0) is 15.4. The first-order chi connectivity index (χ1) is 10.1. The summed E-state index contributed by atoms with van der Waals surface area (Å²) in [6.07, 6.45) is 1.68. The van der Waals surface area contributed by atoms with Crippen LogP contribution in [0.3, 0.4) is 0 Å². The van der Waals surface area contributed by atoms with Gasteiger partial charge in [0.15, 0.2) is 11.6 Å². The lowest BCUT2D eigenvalue weighted by molar-refractivity contribution is -0.130. The molecule has 0 saturated carbocycles. The third-order valence-electron chi connectivity index (χ3n) is 3.37. The monoisotopic (exact) mass is 288 g/mol. The molecule has 0 saturated heterocycles. The maximum atomic E-state index is 11.6. The molecule has 0 bridgehead atoms. The zero-order valence-corrected chi connectivity index (χ0v) is 12.8. The summed E-state index contributed by atoms with van der Waals surface area (Å²) in [7, 11) is 1.62. The molecule has 1 aromatic carbocycles. The largest absolute Gasteiger partial charge is 0.496 e. The molecule has 2 rings (SSSR count). The van der Waals surface area contributed by atoms with E-state index in [1.54, 1.807) is 20.1 Å². The number of carbonyl (C=O) groups is 1. The van der Waals surface area contributed by atoms with Gasteiger partial charge in [0, 0.05) is 37.3 Å². The summed E-state index contributed by atoms with van der Waals surface area (Å²) in [6, 6.07) is 5.91. The molecule has 0 radical (unpaired) electrons. The minimum absolute atomic E-state index is 0.293. The number of anilines is 1. The van der Waals surface area contributed by atoms with E-state index in [2.05, 4.69) is 23.7 Å². The fourth-order valence-corrected chi connectivity index (χ4v) is 2.27. The lowest BCUT2D eigenvalue weighted by atomic mass is 10.1. The van der Waals surface area contributed by atoms with Crippen molar-refractivity contribution in [2.24, 2.45) is 4.99 Å². The molecule has 0 aliphatic carbocycles. The first-order valence-corrected chi connectivity index (χ1v) is 7.01. The summed E-state index contributed by atoms with van der Waals surface area (Å²) in [5.41, 5.74) is 2.19. The fraction of sp³-hybridized carbons (Fsp3) is 0.375. The molecule has 0 spiro atoms. The molecule has 0 unspecified atom stereocenters. The van der Waals surface area contributed by atoms with Crippen molar-refractivity contribution in [2.75, 3.05) is 25.1 Å². The average Bonchev–Trinajstić information content (AvgIpc) is 2.79. The van der Waals surface area contributed by atoms with Gasteiger partial charge in [0.25, 0.3) is 0 Å². The summed E-state index contributed by atoms with van der Waals surface area (Å²) in [6.45, 7) is 7.72. The number of aliphatic imine (C=N–C) groups is 1. The Balaban J connectivity index is 2.37. The molecule has 1 heterocycles. The van der Waals surface area contributed by atoms with Crippen molar-refractivity contribution in [3.8, 4) is 5.75 Å². The number of hydrogen-bond donors (Lipinski definition) is 0. The molecule has 1 aliphatic heterocycles. The van der Waals surface area contributed by atoms with E-state index in [1.165, 1.54) is 0 Å². The van der Waals surface area contributed by atoms with Gasteiger partial charge in [-0.1, -0.05) is 0 Å². The van der Waals surface area contributed by atoms with Crippen LogP contribution in [-0.4, -0.2) is 32.1 Å². The third-order valence-corrected chi connectivity index (χ3v) is 3.37. The Bertz CT molecular complexity index is 602. The summed E-state index contributed by atoms with van der Waals surface area (Å²) in [5, 5.41) is 0. The Morgan fingerprint density at radius 1 is 1.33 bits per heavy atom. The highest BCUT2D eigenvalue weighted by Gasteiger charge is 2.20. The van der Waals surface area contributed by atoms with Gasteiger partial charge in [0.1, 0.15) is 5.75 Å². The van der Waals surface area contributed by atoms with E-state index in [4.69, 9.17) is 9.47 Å². The average molecular weight is 288 g/mol. The number of carbonyl (C=O) groups excluding carboxylic acids is 1. The normalized spacial score (nSPS) is 15.9. The van der Waals surface area contributed by atoms with Crippen LogP contribution in [0.2, 0.25) is 0 Å². The predicted molar refractivity (Wildman–Crippen MR) is 83.7 cm³/mol. The topological polar surface area (TPSA) is 51.1 Å². The molecule has 112 valence electrons. The standard InChI is InChI=1S/C16H20N2O3/c1-5-18(6-2)13-8-7-12(15(10-13)20-4)9-14-16(19)21-11(3)17-14/h7-10H,5-6H2,1-4H3/b14-9-. The van der Waals surface area contributed by atoms with Gasteiger partial charge in [0.2, 0.25) is 0 Å². The molecular weight excluding hydrogens is 268 g/mol. The first kappa shape index (κ1) is 15.1. The maximum absolute atomic E-state index is 11.6. The Labute approximate surface area is 124 Å². The van der Waals surface area contributed by atoms with Crippen LogP contribution in [0.25, 0.3) is 6.08 Å². The van der Waals surface area contributed by atoms with Crippen LogP contribution in [0.5, 0.6) is 5.75 Å². The molecule has 1 aliphatic rings. The van der Waals surface area contributed by atoms with Crippen LogP contribution >= 0.6 is 0 Å². The van der Waals surface area contributed by atoms with Crippen molar-refractivity contribution in [3.63, 3.8) is 0 Å². The molecule has 0 amide bonds. The van der Waals surface area contributed by atoms with E-state index in [-0.39, 0.29) is 0 Å². The molecule has 21 heavy (non-hydrogen) atoms. The number of hydrogen-bond acceptors (Lipinski definition) is 5. The van der Waals surface area contributed by atoms with E-state index in [9.17, 15) is 4.79 Å². The van der Waals surface area contributed by atoms with Gasteiger partial charge in [-0.3, -0.25) is 0 Å². The van der Waals surface area contributed by atoms with Crippen LogP contribution in [0, 0.1) is 0 Å². The quantitative estimate of drug-likeness (QED) is 0.617. The number of rotatable bonds is 5. The molecule has 0 aromatic heterocycles. The molecule has 0 N–H and O–H groups in total. The number of benzene rings is 1. The molecular formula is C16H20N2O3. The van der Waals surface area contributed by atoms with Crippen LogP contribution < -0.4 is 9.64 Å². The van der Waals surface area contributed by atoms with Gasteiger partial charge in [-0.2, -0.15) is 0 Å². The van der Waals surface area contributed by atoms with E-state index < -0.39 is 5.97 Å². The van der Waals surface area contributed by atoms with Gasteiger partial charge < -0.3 is 14.4 Å². The zero-order valence-electron chi connectivity index (χ0n) is 12.8. The molecule has 0 atom stereocenters. The fourth-order valence-electron chi connectivity index (χ4n) is 2.27. The lowest BCUT2D eigenvalue weighted by Gasteiger charge is -2.22. The number of esters is 1. The SMILES string of the molecule is CCN(CC)c1ccc(/C=C2\N=C(C)OC2=O)c(OC)c1. The second-order valence-electron chi connectivity index (χ2n) is 4.65.